The summed E-state index contributed by atoms with van der Waals surface area (Å²) in [5.74, 6) is 0.191. The Balaban J connectivity index is 2.17. The molecular weight excluding hydrogens is 264 g/mol. The van der Waals surface area contributed by atoms with Gasteiger partial charge in [-0.2, -0.15) is 0 Å². The zero-order valence-corrected chi connectivity index (χ0v) is 12.6. The predicted molar refractivity (Wildman–Crippen MR) is 82.5 cm³/mol. The number of carbonyl (C=O) groups is 1. The molecule has 1 heterocycles. The van der Waals surface area contributed by atoms with Gasteiger partial charge in [-0.15, -0.1) is 0 Å². The number of benzene rings is 1. The van der Waals surface area contributed by atoms with E-state index in [1.54, 1.807) is 18.3 Å². The van der Waals surface area contributed by atoms with Gasteiger partial charge in [0.1, 0.15) is 5.56 Å². The van der Waals surface area contributed by atoms with Gasteiger partial charge >= 0.3 is 0 Å². The quantitative estimate of drug-likeness (QED) is 0.916. The van der Waals surface area contributed by atoms with Crippen LogP contribution < -0.4 is 10.1 Å². The van der Waals surface area contributed by atoms with Crippen LogP contribution in [0.15, 0.2) is 42.6 Å². The van der Waals surface area contributed by atoms with Crippen LogP contribution in [0.2, 0.25) is 0 Å². The average molecular weight is 284 g/mol. The molecule has 1 atom stereocenters. The standard InChI is InChI=1S/C17H20N2O2/c1-4-21-17-15(10-7-11-18-17)16(20)19-13(3)14-9-6-5-8-12(14)2/h5-11,13H,4H2,1-3H3,(H,19,20). The van der Waals surface area contributed by atoms with Gasteiger partial charge in [-0.1, -0.05) is 24.3 Å². The van der Waals surface area contributed by atoms with Crippen molar-refractivity contribution in [3.05, 3.63) is 59.3 Å². The lowest BCUT2D eigenvalue weighted by molar-refractivity contribution is 0.0935. The smallest absolute Gasteiger partial charge is 0.257 e. The number of nitrogens with one attached hydrogen (secondary N) is 1. The van der Waals surface area contributed by atoms with Crippen molar-refractivity contribution in [3.63, 3.8) is 0 Å². The molecule has 1 aromatic heterocycles. The molecule has 4 heteroatoms. The van der Waals surface area contributed by atoms with Gasteiger partial charge in [0.2, 0.25) is 5.88 Å². The zero-order valence-electron chi connectivity index (χ0n) is 12.6. The molecule has 110 valence electrons. The van der Waals surface area contributed by atoms with Crippen molar-refractivity contribution in [1.29, 1.82) is 0 Å². The molecule has 0 saturated carbocycles. The molecule has 1 unspecified atom stereocenters. The molecule has 0 spiro atoms. The summed E-state index contributed by atoms with van der Waals surface area (Å²) in [6, 6.07) is 11.4. The molecule has 0 bridgehead atoms. The summed E-state index contributed by atoms with van der Waals surface area (Å²) in [6.07, 6.45) is 1.62. The highest BCUT2D eigenvalue weighted by molar-refractivity contribution is 5.96. The minimum Gasteiger partial charge on any atom is -0.477 e. The Morgan fingerprint density at radius 2 is 2.05 bits per heavy atom. The van der Waals surface area contributed by atoms with Crippen LogP contribution in [0.4, 0.5) is 0 Å². The summed E-state index contributed by atoms with van der Waals surface area (Å²) in [4.78, 5) is 16.5. The van der Waals surface area contributed by atoms with Gasteiger partial charge in [-0.05, 0) is 44.0 Å². The van der Waals surface area contributed by atoms with Crippen LogP contribution in [-0.4, -0.2) is 17.5 Å². The Hall–Kier alpha value is -2.36. The molecule has 4 nitrogen and oxygen atoms in total. The maximum absolute atomic E-state index is 12.4. The van der Waals surface area contributed by atoms with Gasteiger partial charge in [0.05, 0.1) is 12.6 Å². The Morgan fingerprint density at radius 3 is 2.76 bits per heavy atom. The molecule has 21 heavy (non-hydrogen) atoms. The van der Waals surface area contributed by atoms with Gasteiger partial charge in [0.25, 0.3) is 5.91 Å². The van der Waals surface area contributed by atoms with Gasteiger partial charge in [0.15, 0.2) is 0 Å². The van der Waals surface area contributed by atoms with E-state index < -0.39 is 0 Å². The number of pyridine rings is 1. The summed E-state index contributed by atoms with van der Waals surface area (Å²) in [5.41, 5.74) is 2.72. The average Bonchev–Trinajstić information content (AvgIpc) is 2.48. The molecule has 1 N–H and O–H groups in total. The van der Waals surface area contributed by atoms with Gasteiger partial charge in [-0.3, -0.25) is 4.79 Å². The number of ether oxygens (including phenoxy) is 1. The first-order chi connectivity index (χ1) is 10.1. The summed E-state index contributed by atoms with van der Waals surface area (Å²) in [6.45, 7) is 6.35. The molecule has 0 saturated heterocycles. The lowest BCUT2D eigenvalue weighted by atomic mass is 10.0. The van der Waals surface area contributed by atoms with Crippen molar-refractivity contribution < 1.29 is 9.53 Å². The largest absolute Gasteiger partial charge is 0.477 e. The van der Waals surface area contributed by atoms with Gasteiger partial charge < -0.3 is 10.1 Å². The van der Waals surface area contributed by atoms with Crippen LogP contribution in [0.3, 0.4) is 0 Å². The summed E-state index contributed by atoms with van der Waals surface area (Å²) >= 11 is 0. The molecule has 1 aromatic carbocycles. The third-order valence-electron chi connectivity index (χ3n) is 3.30. The third-order valence-corrected chi connectivity index (χ3v) is 3.30. The second-order valence-corrected chi connectivity index (χ2v) is 4.84. The maximum atomic E-state index is 12.4. The monoisotopic (exact) mass is 284 g/mol. The van der Waals surface area contributed by atoms with Crippen molar-refractivity contribution in [2.24, 2.45) is 0 Å². The van der Waals surface area contributed by atoms with E-state index in [1.807, 2.05) is 45.0 Å². The summed E-state index contributed by atoms with van der Waals surface area (Å²) in [5, 5.41) is 2.99. The minimum atomic E-state index is -0.178. The number of carbonyl (C=O) groups excluding carboxylic acids is 1. The van der Waals surface area contributed by atoms with Crippen LogP contribution >= 0.6 is 0 Å². The fourth-order valence-electron chi connectivity index (χ4n) is 2.24. The number of hydrogen-bond donors (Lipinski definition) is 1. The molecule has 2 aromatic rings. The fourth-order valence-corrected chi connectivity index (χ4v) is 2.24. The number of nitrogens with zero attached hydrogens (tertiary/aromatic N) is 1. The van der Waals surface area contributed by atoms with Crippen LogP contribution in [0.5, 0.6) is 5.88 Å². The first-order valence-electron chi connectivity index (χ1n) is 7.07. The number of amides is 1. The van der Waals surface area contributed by atoms with E-state index in [-0.39, 0.29) is 11.9 Å². The lowest BCUT2D eigenvalue weighted by Gasteiger charge is -2.17. The summed E-state index contributed by atoms with van der Waals surface area (Å²) in [7, 11) is 0. The second kappa shape index (κ2) is 6.88. The van der Waals surface area contributed by atoms with Crippen LogP contribution in [0.25, 0.3) is 0 Å². The molecule has 0 fully saturated rings. The van der Waals surface area contributed by atoms with E-state index in [0.29, 0.717) is 18.1 Å². The zero-order chi connectivity index (χ0) is 15.2. The molecule has 0 aliphatic heterocycles. The Labute approximate surface area is 125 Å². The Bertz CT molecular complexity index is 626. The van der Waals surface area contributed by atoms with E-state index in [4.69, 9.17) is 4.74 Å². The number of rotatable bonds is 5. The first kappa shape index (κ1) is 15.0. The van der Waals surface area contributed by atoms with Crippen LogP contribution in [0.1, 0.15) is 41.4 Å². The van der Waals surface area contributed by atoms with E-state index in [0.717, 1.165) is 11.1 Å². The molecule has 1 amide bonds. The Morgan fingerprint density at radius 1 is 1.29 bits per heavy atom. The predicted octanol–water partition coefficient (Wildman–Crippen LogP) is 3.28. The van der Waals surface area contributed by atoms with E-state index in [2.05, 4.69) is 10.3 Å². The van der Waals surface area contributed by atoms with Crippen molar-refractivity contribution in [1.82, 2.24) is 10.3 Å². The minimum absolute atomic E-state index is 0.0756. The van der Waals surface area contributed by atoms with Crippen molar-refractivity contribution in [2.75, 3.05) is 6.61 Å². The number of aromatic nitrogens is 1. The third kappa shape index (κ3) is 3.60. The molecular formula is C17H20N2O2. The topological polar surface area (TPSA) is 51.2 Å². The highest BCUT2D eigenvalue weighted by Gasteiger charge is 2.17. The molecule has 0 aliphatic carbocycles. The highest BCUT2D eigenvalue weighted by atomic mass is 16.5. The van der Waals surface area contributed by atoms with Crippen molar-refractivity contribution in [2.45, 2.75) is 26.8 Å². The van der Waals surface area contributed by atoms with E-state index in [9.17, 15) is 4.79 Å². The van der Waals surface area contributed by atoms with Crippen LogP contribution in [-0.2, 0) is 0 Å². The normalized spacial score (nSPS) is 11.8. The molecule has 0 aliphatic rings. The van der Waals surface area contributed by atoms with E-state index in [1.165, 1.54) is 0 Å². The second-order valence-electron chi connectivity index (χ2n) is 4.84. The fraction of sp³-hybridized carbons (Fsp3) is 0.294. The molecule has 0 radical (unpaired) electrons. The maximum Gasteiger partial charge on any atom is 0.257 e. The number of hydrogen-bond acceptors (Lipinski definition) is 3. The molecule has 2 rings (SSSR count). The SMILES string of the molecule is CCOc1ncccc1C(=O)NC(C)c1ccccc1C. The van der Waals surface area contributed by atoms with Gasteiger partial charge in [-0.25, -0.2) is 4.98 Å². The summed E-state index contributed by atoms with van der Waals surface area (Å²) < 4.78 is 5.40. The van der Waals surface area contributed by atoms with Crippen molar-refractivity contribution >= 4 is 5.91 Å². The van der Waals surface area contributed by atoms with Gasteiger partial charge in [0, 0.05) is 6.20 Å². The van der Waals surface area contributed by atoms with Crippen LogP contribution in [0, 0.1) is 6.92 Å². The van der Waals surface area contributed by atoms with E-state index >= 15 is 0 Å². The van der Waals surface area contributed by atoms with Crippen molar-refractivity contribution in [3.8, 4) is 5.88 Å². The Kier molecular flexibility index (Phi) is 4.93. The first-order valence-corrected chi connectivity index (χ1v) is 7.07. The highest BCUT2D eigenvalue weighted by Crippen LogP contribution is 2.19. The lowest BCUT2D eigenvalue weighted by Crippen LogP contribution is -2.27. The number of aryl methyl sites for hydroxylation is 1.